The smallest absolute Gasteiger partial charge is 0.308 e. The van der Waals surface area contributed by atoms with Crippen LogP contribution in [0.5, 0.6) is 5.75 Å². The van der Waals surface area contributed by atoms with Crippen molar-refractivity contribution in [1.82, 2.24) is 0 Å². The number of benzene rings is 1. The van der Waals surface area contributed by atoms with Crippen LogP contribution in [0.3, 0.4) is 0 Å². The third-order valence-corrected chi connectivity index (χ3v) is 4.95. The topological polar surface area (TPSA) is 43.4 Å². The van der Waals surface area contributed by atoms with E-state index >= 15 is 0 Å². The summed E-state index contributed by atoms with van der Waals surface area (Å²) in [7, 11) is -3.46. The van der Waals surface area contributed by atoms with Crippen LogP contribution in [0.2, 0.25) is 0 Å². The Morgan fingerprint density at radius 1 is 0.909 bits per heavy atom. The van der Waals surface area contributed by atoms with Gasteiger partial charge in [0.05, 0.1) is 5.75 Å². The Morgan fingerprint density at radius 3 is 2.14 bits per heavy atom. The molecule has 0 heterocycles. The molecule has 1 aromatic carbocycles. The minimum atomic E-state index is -3.46. The summed E-state index contributed by atoms with van der Waals surface area (Å²) in [6.07, 6.45) is 8.92. The normalized spacial score (nSPS) is 11.6. The Kier molecular flexibility index (Phi) is 8.54. The largest absolute Gasteiger partial charge is 0.382 e. The molecular formula is C18H30O3S. The second-order valence-electron chi connectivity index (χ2n) is 5.79. The lowest BCUT2D eigenvalue weighted by Crippen LogP contribution is -2.12. The predicted molar refractivity (Wildman–Crippen MR) is 93.0 cm³/mol. The summed E-state index contributed by atoms with van der Waals surface area (Å²) in [6, 6.07) is 5.96. The molecule has 0 spiro atoms. The summed E-state index contributed by atoms with van der Waals surface area (Å²) in [5, 5.41) is 0. The number of hydrogen-bond acceptors (Lipinski definition) is 3. The molecule has 0 radical (unpaired) electrons. The van der Waals surface area contributed by atoms with Gasteiger partial charge in [-0.25, -0.2) is 0 Å². The lowest BCUT2D eigenvalue weighted by molar-refractivity contribution is 0.483. The van der Waals surface area contributed by atoms with Crippen molar-refractivity contribution in [1.29, 1.82) is 0 Å². The minimum Gasteiger partial charge on any atom is -0.382 e. The Morgan fingerprint density at radius 2 is 1.55 bits per heavy atom. The average Bonchev–Trinajstić information content (AvgIpc) is 2.50. The zero-order valence-electron chi connectivity index (χ0n) is 14.2. The highest BCUT2D eigenvalue weighted by Gasteiger charge is 2.13. The molecule has 0 saturated carbocycles. The molecule has 0 aliphatic rings. The van der Waals surface area contributed by atoms with E-state index in [9.17, 15) is 8.42 Å². The van der Waals surface area contributed by atoms with Gasteiger partial charge < -0.3 is 4.18 Å². The van der Waals surface area contributed by atoms with Gasteiger partial charge in [-0.2, -0.15) is 8.42 Å². The van der Waals surface area contributed by atoms with Gasteiger partial charge >= 0.3 is 10.1 Å². The van der Waals surface area contributed by atoms with E-state index in [4.69, 9.17) is 4.18 Å². The summed E-state index contributed by atoms with van der Waals surface area (Å²) in [5.41, 5.74) is 2.31. The van der Waals surface area contributed by atoms with Gasteiger partial charge in [-0.1, -0.05) is 51.7 Å². The molecule has 1 aromatic rings. The highest BCUT2D eigenvalue weighted by atomic mass is 32.2. The fraction of sp³-hybridized carbons (Fsp3) is 0.667. The van der Waals surface area contributed by atoms with Crippen molar-refractivity contribution in [3.05, 3.63) is 29.3 Å². The second-order valence-corrected chi connectivity index (χ2v) is 7.65. The van der Waals surface area contributed by atoms with Crippen LogP contribution in [0, 0.1) is 0 Å². The molecule has 0 fully saturated rings. The molecule has 0 aliphatic heterocycles. The van der Waals surface area contributed by atoms with Crippen LogP contribution in [0.1, 0.15) is 70.4 Å². The Hall–Kier alpha value is -1.03. The lowest BCUT2D eigenvalue weighted by atomic mass is 10.0. The summed E-state index contributed by atoms with van der Waals surface area (Å²) in [4.78, 5) is 0. The summed E-state index contributed by atoms with van der Waals surface area (Å²) >= 11 is 0. The van der Waals surface area contributed by atoms with Crippen LogP contribution in [0.15, 0.2) is 18.2 Å². The van der Waals surface area contributed by atoms with Crippen LogP contribution in [-0.2, 0) is 23.0 Å². The Bertz CT molecular complexity index is 535. The van der Waals surface area contributed by atoms with Crippen LogP contribution < -0.4 is 4.18 Å². The third-order valence-electron chi connectivity index (χ3n) is 3.81. The highest BCUT2D eigenvalue weighted by Crippen LogP contribution is 2.25. The van der Waals surface area contributed by atoms with E-state index < -0.39 is 10.1 Å². The van der Waals surface area contributed by atoms with Crippen molar-refractivity contribution >= 4 is 10.1 Å². The Balaban J connectivity index is 2.88. The number of unbranched alkanes of at least 4 members (excludes halogenated alkanes) is 4. The maximum Gasteiger partial charge on any atom is 0.308 e. The van der Waals surface area contributed by atoms with Gasteiger partial charge in [-0.05, 0) is 49.8 Å². The molecule has 0 unspecified atom stereocenters. The maximum absolute atomic E-state index is 11.7. The number of hydrogen-bond donors (Lipinski definition) is 0. The minimum absolute atomic E-state index is 0.000346. The van der Waals surface area contributed by atoms with Gasteiger partial charge in [0.2, 0.25) is 0 Å². The predicted octanol–water partition coefficient (Wildman–Crippen LogP) is 4.88. The van der Waals surface area contributed by atoms with E-state index in [1.807, 2.05) is 12.1 Å². The van der Waals surface area contributed by atoms with E-state index in [0.29, 0.717) is 5.75 Å². The fourth-order valence-electron chi connectivity index (χ4n) is 2.41. The second kappa shape index (κ2) is 9.88. The molecule has 4 heteroatoms. The van der Waals surface area contributed by atoms with Crippen molar-refractivity contribution in [2.24, 2.45) is 0 Å². The molecule has 22 heavy (non-hydrogen) atoms. The van der Waals surface area contributed by atoms with E-state index in [0.717, 1.165) is 37.7 Å². The molecule has 0 saturated heterocycles. The third kappa shape index (κ3) is 6.82. The highest BCUT2D eigenvalue weighted by molar-refractivity contribution is 7.87. The van der Waals surface area contributed by atoms with E-state index in [1.165, 1.54) is 24.8 Å². The van der Waals surface area contributed by atoms with Crippen LogP contribution in [0.25, 0.3) is 0 Å². The first-order chi connectivity index (χ1) is 10.5. The molecule has 0 atom stereocenters. The van der Waals surface area contributed by atoms with Gasteiger partial charge in [0.15, 0.2) is 0 Å². The van der Waals surface area contributed by atoms with E-state index in [1.54, 1.807) is 6.92 Å². The van der Waals surface area contributed by atoms with Crippen LogP contribution >= 0.6 is 0 Å². The molecule has 126 valence electrons. The average molecular weight is 327 g/mol. The monoisotopic (exact) mass is 326 g/mol. The summed E-state index contributed by atoms with van der Waals surface area (Å²) in [6.45, 7) is 5.97. The first-order valence-corrected chi connectivity index (χ1v) is 10.1. The molecule has 0 bridgehead atoms. The molecule has 0 aliphatic carbocycles. The van der Waals surface area contributed by atoms with Crippen LogP contribution in [-0.4, -0.2) is 14.2 Å². The van der Waals surface area contributed by atoms with Crippen molar-refractivity contribution in [2.45, 2.75) is 72.1 Å². The SMILES string of the molecule is CCCCCc1ccc(OS(=O)(=O)CC)c(CCCCC)c1. The summed E-state index contributed by atoms with van der Waals surface area (Å²) < 4.78 is 28.7. The molecule has 3 nitrogen and oxygen atoms in total. The molecule has 1 rings (SSSR count). The van der Waals surface area contributed by atoms with Crippen molar-refractivity contribution in [2.75, 3.05) is 5.75 Å². The van der Waals surface area contributed by atoms with Gasteiger partial charge in [-0.3, -0.25) is 0 Å². The fourth-order valence-corrected chi connectivity index (χ4v) is 2.96. The standard InChI is InChI=1S/C18H30O3S/c1-4-7-9-11-16-13-14-18(21-22(19,20)6-3)17(15-16)12-10-8-5-2/h13-15H,4-12H2,1-3H3. The van der Waals surface area contributed by atoms with Gasteiger partial charge in [0, 0.05) is 0 Å². The summed E-state index contributed by atoms with van der Waals surface area (Å²) in [5.74, 6) is 0.511. The number of aryl methyl sites for hydroxylation is 2. The van der Waals surface area contributed by atoms with Crippen LogP contribution in [0.4, 0.5) is 0 Å². The van der Waals surface area contributed by atoms with Gasteiger partial charge in [0.25, 0.3) is 0 Å². The zero-order chi connectivity index (χ0) is 16.4. The quantitative estimate of drug-likeness (QED) is 0.430. The first kappa shape index (κ1) is 19.0. The molecule has 0 aromatic heterocycles. The van der Waals surface area contributed by atoms with E-state index in [-0.39, 0.29) is 5.75 Å². The maximum atomic E-state index is 11.7. The van der Waals surface area contributed by atoms with E-state index in [2.05, 4.69) is 19.9 Å². The van der Waals surface area contributed by atoms with Gasteiger partial charge in [-0.15, -0.1) is 0 Å². The lowest BCUT2D eigenvalue weighted by Gasteiger charge is -2.12. The number of rotatable bonds is 11. The zero-order valence-corrected chi connectivity index (χ0v) is 15.0. The van der Waals surface area contributed by atoms with Crippen molar-refractivity contribution < 1.29 is 12.6 Å². The van der Waals surface area contributed by atoms with Gasteiger partial charge in [0.1, 0.15) is 5.75 Å². The first-order valence-electron chi connectivity index (χ1n) is 8.56. The van der Waals surface area contributed by atoms with Crippen molar-refractivity contribution in [3.8, 4) is 5.75 Å². The van der Waals surface area contributed by atoms with Crippen molar-refractivity contribution in [3.63, 3.8) is 0 Å². The molecule has 0 amide bonds. The molecule has 0 N–H and O–H groups in total. The Labute approximate surface area is 136 Å². The molecular weight excluding hydrogens is 296 g/mol.